The van der Waals surface area contributed by atoms with Crippen molar-refractivity contribution in [3.8, 4) is 0 Å². The van der Waals surface area contributed by atoms with Gasteiger partial charge < -0.3 is 9.94 Å². The van der Waals surface area contributed by atoms with Gasteiger partial charge in [0.1, 0.15) is 0 Å². The Morgan fingerprint density at radius 1 is 0.957 bits per heavy atom. The molecule has 1 saturated carbocycles. The van der Waals surface area contributed by atoms with Crippen LogP contribution in [0.1, 0.15) is 42.4 Å². The van der Waals surface area contributed by atoms with Gasteiger partial charge in [-0.1, -0.05) is 0 Å². The van der Waals surface area contributed by atoms with Crippen LogP contribution in [0.2, 0.25) is 0 Å². The predicted molar refractivity (Wildman–Crippen MR) is 67.9 cm³/mol. The van der Waals surface area contributed by atoms with Crippen molar-refractivity contribution in [3.05, 3.63) is 34.9 Å². The van der Waals surface area contributed by atoms with Gasteiger partial charge in [-0.15, -0.1) is 0 Å². The fourth-order valence-electron chi connectivity index (χ4n) is 2.72. The quantitative estimate of drug-likeness (QED) is 0.635. The molecule has 0 amide bonds. The SMILES string of the molecule is NOC1CCC(O)(c2cc(C(F)(F)F)cc(C(F)(F)F)c2)CC1. The molecule has 2 rings (SSSR count). The second-order valence-electron chi connectivity index (χ2n) is 5.66. The Kier molecular flexibility index (Phi) is 4.67. The first-order valence-electron chi connectivity index (χ1n) is 6.83. The molecule has 0 unspecified atom stereocenters. The number of benzene rings is 1. The van der Waals surface area contributed by atoms with Crippen molar-refractivity contribution in [2.75, 3.05) is 0 Å². The largest absolute Gasteiger partial charge is 0.416 e. The number of halogens is 6. The van der Waals surface area contributed by atoms with Crippen LogP contribution in [-0.2, 0) is 22.8 Å². The van der Waals surface area contributed by atoms with E-state index in [1.165, 1.54) is 0 Å². The zero-order valence-corrected chi connectivity index (χ0v) is 11.8. The summed E-state index contributed by atoms with van der Waals surface area (Å²) < 4.78 is 77.2. The molecule has 1 fully saturated rings. The minimum Gasteiger partial charge on any atom is -0.385 e. The van der Waals surface area contributed by atoms with Gasteiger partial charge in [0.15, 0.2) is 0 Å². The first kappa shape index (κ1) is 18.0. The Morgan fingerprint density at radius 3 is 1.74 bits per heavy atom. The van der Waals surface area contributed by atoms with Crippen molar-refractivity contribution in [1.29, 1.82) is 0 Å². The van der Waals surface area contributed by atoms with E-state index >= 15 is 0 Å². The number of hydrogen-bond donors (Lipinski definition) is 2. The third-order valence-electron chi connectivity index (χ3n) is 4.08. The van der Waals surface area contributed by atoms with E-state index in [-0.39, 0.29) is 37.9 Å². The molecule has 0 spiro atoms. The number of aliphatic hydroxyl groups is 1. The van der Waals surface area contributed by atoms with E-state index in [1.807, 2.05) is 0 Å². The van der Waals surface area contributed by atoms with Crippen molar-refractivity contribution in [2.24, 2.45) is 5.90 Å². The van der Waals surface area contributed by atoms with Gasteiger partial charge in [0.05, 0.1) is 22.8 Å². The molecule has 1 aromatic carbocycles. The monoisotopic (exact) mass is 343 g/mol. The highest BCUT2D eigenvalue weighted by Gasteiger charge is 2.41. The average Bonchev–Trinajstić information content (AvgIpc) is 2.46. The molecule has 1 aliphatic rings. The molecule has 1 aliphatic carbocycles. The fraction of sp³-hybridized carbons (Fsp3) is 0.571. The highest BCUT2D eigenvalue weighted by atomic mass is 19.4. The van der Waals surface area contributed by atoms with Crippen LogP contribution < -0.4 is 5.90 Å². The Labute approximate surface area is 128 Å². The second kappa shape index (κ2) is 5.95. The summed E-state index contributed by atoms with van der Waals surface area (Å²) in [6, 6.07) is 1.18. The van der Waals surface area contributed by atoms with Crippen molar-refractivity contribution >= 4 is 0 Å². The molecule has 23 heavy (non-hydrogen) atoms. The lowest BCUT2D eigenvalue weighted by Gasteiger charge is -2.36. The zero-order chi connectivity index (χ0) is 17.5. The van der Waals surface area contributed by atoms with E-state index in [1.54, 1.807) is 0 Å². The summed E-state index contributed by atoms with van der Waals surface area (Å²) in [6.07, 6.45) is -9.84. The van der Waals surface area contributed by atoms with Crippen LogP contribution in [0.15, 0.2) is 18.2 Å². The summed E-state index contributed by atoms with van der Waals surface area (Å²) >= 11 is 0. The van der Waals surface area contributed by atoms with Gasteiger partial charge in [-0.2, -0.15) is 26.3 Å². The van der Waals surface area contributed by atoms with E-state index < -0.39 is 34.6 Å². The molecule has 0 saturated heterocycles. The van der Waals surface area contributed by atoms with Crippen molar-refractivity contribution in [1.82, 2.24) is 0 Å². The zero-order valence-electron chi connectivity index (χ0n) is 11.8. The van der Waals surface area contributed by atoms with Crippen LogP contribution in [0, 0.1) is 0 Å². The lowest BCUT2D eigenvalue weighted by Crippen LogP contribution is -2.35. The summed E-state index contributed by atoms with van der Waals surface area (Å²) in [5.74, 6) is 5.01. The van der Waals surface area contributed by atoms with Crippen LogP contribution in [-0.4, -0.2) is 11.2 Å². The third-order valence-corrected chi connectivity index (χ3v) is 4.08. The lowest BCUT2D eigenvalue weighted by molar-refractivity contribution is -0.143. The van der Waals surface area contributed by atoms with Gasteiger partial charge in [-0.25, -0.2) is 5.90 Å². The first-order valence-corrected chi connectivity index (χ1v) is 6.83. The maximum absolute atomic E-state index is 12.9. The predicted octanol–water partition coefficient (Wildman–Crippen LogP) is 3.74. The average molecular weight is 343 g/mol. The molecule has 3 nitrogen and oxygen atoms in total. The van der Waals surface area contributed by atoms with Gasteiger partial charge in [-0.05, 0) is 49.4 Å². The van der Waals surface area contributed by atoms with Crippen LogP contribution >= 0.6 is 0 Å². The Morgan fingerprint density at radius 2 is 1.39 bits per heavy atom. The van der Waals surface area contributed by atoms with Gasteiger partial charge in [-0.3, -0.25) is 0 Å². The van der Waals surface area contributed by atoms with Gasteiger partial charge >= 0.3 is 12.4 Å². The van der Waals surface area contributed by atoms with Crippen LogP contribution in [0.4, 0.5) is 26.3 Å². The Balaban J connectivity index is 2.45. The van der Waals surface area contributed by atoms with Crippen LogP contribution in [0.25, 0.3) is 0 Å². The van der Waals surface area contributed by atoms with Gasteiger partial charge in [0.2, 0.25) is 0 Å². The molecule has 0 aromatic heterocycles. The van der Waals surface area contributed by atoms with E-state index in [0.29, 0.717) is 12.1 Å². The summed E-state index contributed by atoms with van der Waals surface area (Å²) in [6.45, 7) is 0. The lowest BCUT2D eigenvalue weighted by atomic mass is 9.77. The molecular weight excluding hydrogens is 328 g/mol. The number of rotatable bonds is 2. The minimum atomic E-state index is -4.94. The molecule has 130 valence electrons. The van der Waals surface area contributed by atoms with Crippen molar-refractivity contribution in [3.63, 3.8) is 0 Å². The smallest absolute Gasteiger partial charge is 0.385 e. The Bertz CT molecular complexity index is 529. The standard InChI is InChI=1S/C14H15F6NO2/c15-13(16,17)9-5-8(6-10(7-9)14(18,19)20)12(22)3-1-11(23-21)2-4-12/h5-7,11,22H,1-4,21H2. The molecule has 0 bridgehead atoms. The van der Waals surface area contributed by atoms with Crippen LogP contribution in [0.5, 0.6) is 0 Å². The number of nitrogens with two attached hydrogens (primary N) is 1. The van der Waals surface area contributed by atoms with E-state index in [4.69, 9.17) is 5.90 Å². The summed E-state index contributed by atoms with van der Waals surface area (Å²) in [5.41, 5.74) is -5.04. The topological polar surface area (TPSA) is 55.5 Å². The fourth-order valence-corrected chi connectivity index (χ4v) is 2.72. The van der Waals surface area contributed by atoms with Crippen molar-refractivity contribution < 1.29 is 36.3 Å². The van der Waals surface area contributed by atoms with Gasteiger partial charge in [0.25, 0.3) is 0 Å². The van der Waals surface area contributed by atoms with E-state index in [0.717, 1.165) is 0 Å². The first-order chi connectivity index (χ1) is 10.5. The Hall–Kier alpha value is -1.32. The molecule has 0 atom stereocenters. The normalized spacial score (nSPS) is 26.3. The van der Waals surface area contributed by atoms with Gasteiger partial charge in [0, 0.05) is 0 Å². The molecule has 0 radical (unpaired) electrons. The minimum absolute atomic E-state index is 0.0343. The summed E-state index contributed by atoms with van der Waals surface area (Å²) in [4.78, 5) is 4.61. The summed E-state index contributed by atoms with van der Waals surface area (Å²) in [5, 5.41) is 10.5. The molecule has 9 heteroatoms. The van der Waals surface area contributed by atoms with E-state index in [2.05, 4.69) is 4.84 Å². The second-order valence-corrected chi connectivity index (χ2v) is 5.66. The molecule has 0 aliphatic heterocycles. The van der Waals surface area contributed by atoms with Crippen LogP contribution in [0.3, 0.4) is 0 Å². The molecular formula is C14H15F6NO2. The third kappa shape index (κ3) is 3.96. The molecule has 3 N–H and O–H groups in total. The van der Waals surface area contributed by atoms with E-state index in [9.17, 15) is 31.4 Å². The number of alkyl halides is 6. The maximum Gasteiger partial charge on any atom is 0.416 e. The van der Waals surface area contributed by atoms with Crippen molar-refractivity contribution in [2.45, 2.75) is 49.7 Å². The molecule has 0 heterocycles. The number of hydrogen-bond acceptors (Lipinski definition) is 3. The maximum atomic E-state index is 12.9. The summed E-state index contributed by atoms with van der Waals surface area (Å²) in [7, 11) is 0. The highest BCUT2D eigenvalue weighted by Crippen LogP contribution is 2.43. The molecule has 1 aromatic rings. The highest BCUT2D eigenvalue weighted by molar-refractivity contribution is 5.37.